The predicted molar refractivity (Wildman–Crippen MR) is 99.2 cm³/mol. The number of likely N-dealkylation sites (N-methyl/N-ethyl adjacent to an activating group) is 1. The smallest absolute Gasteiger partial charge is 0.120 e. The molecule has 0 saturated carbocycles. The first kappa shape index (κ1) is 18.5. The van der Waals surface area contributed by atoms with Gasteiger partial charge in [-0.15, -0.1) is 0 Å². The Kier molecular flexibility index (Phi) is 6.83. The third-order valence-corrected chi connectivity index (χ3v) is 4.54. The molecule has 0 fully saturated rings. The molecule has 2 rings (SSSR count). The molecule has 0 bridgehead atoms. The van der Waals surface area contributed by atoms with Crippen LogP contribution in [-0.4, -0.2) is 29.2 Å². The van der Waals surface area contributed by atoms with E-state index in [0.29, 0.717) is 0 Å². The summed E-state index contributed by atoms with van der Waals surface area (Å²) >= 11 is 0. The van der Waals surface area contributed by atoms with E-state index in [1.54, 1.807) is 0 Å². The van der Waals surface area contributed by atoms with Crippen molar-refractivity contribution >= 4 is 0 Å². The molecule has 0 spiro atoms. The van der Waals surface area contributed by atoms with Crippen molar-refractivity contribution in [1.29, 1.82) is 0 Å². The molecule has 0 aliphatic heterocycles. The van der Waals surface area contributed by atoms with E-state index in [1.807, 2.05) is 49.5 Å². The summed E-state index contributed by atoms with van der Waals surface area (Å²) in [6.45, 7) is 7.02. The topological polar surface area (TPSA) is 32.7 Å². The summed E-state index contributed by atoms with van der Waals surface area (Å²) in [6.07, 6.45) is 0.706. The van der Waals surface area contributed by atoms with Crippen molar-refractivity contribution in [3.05, 3.63) is 65.7 Å². The van der Waals surface area contributed by atoms with Gasteiger partial charge >= 0.3 is 0 Å². The first-order valence-corrected chi connectivity index (χ1v) is 8.70. The lowest BCUT2D eigenvalue weighted by atomic mass is 10.0. The van der Waals surface area contributed by atoms with Crippen LogP contribution in [0, 0.1) is 0 Å². The van der Waals surface area contributed by atoms with Gasteiger partial charge in [-0.2, -0.15) is 0 Å². The summed E-state index contributed by atoms with van der Waals surface area (Å²) in [6, 6.07) is 18.1. The fraction of sp³-hybridized carbons (Fsp3) is 0.429. The number of nitrogens with zero attached hydrogens (tertiary/aromatic N) is 1. The van der Waals surface area contributed by atoms with Crippen LogP contribution < -0.4 is 4.74 Å². The molecule has 0 aromatic heterocycles. The summed E-state index contributed by atoms with van der Waals surface area (Å²) in [5.41, 5.74) is 2.14. The second kappa shape index (κ2) is 8.86. The Morgan fingerprint density at radius 3 is 2.42 bits per heavy atom. The van der Waals surface area contributed by atoms with Gasteiger partial charge in [-0.25, -0.2) is 0 Å². The molecule has 0 saturated heterocycles. The van der Waals surface area contributed by atoms with Crippen molar-refractivity contribution in [2.24, 2.45) is 0 Å². The van der Waals surface area contributed by atoms with Crippen molar-refractivity contribution in [2.45, 2.75) is 52.0 Å². The van der Waals surface area contributed by atoms with Crippen LogP contribution in [0.2, 0.25) is 0 Å². The number of hydrogen-bond donors (Lipinski definition) is 1. The van der Waals surface area contributed by atoms with Crippen LogP contribution in [0.25, 0.3) is 0 Å². The zero-order chi connectivity index (χ0) is 17.5. The first-order valence-electron chi connectivity index (χ1n) is 8.70. The highest BCUT2D eigenvalue weighted by atomic mass is 16.5. The van der Waals surface area contributed by atoms with E-state index < -0.39 is 6.10 Å². The molecule has 0 heterocycles. The molecular formula is C21H29NO2. The maximum atomic E-state index is 10.6. The maximum Gasteiger partial charge on any atom is 0.120 e. The molecule has 0 radical (unpaired) electrons. The van der Waals surface area contributed by atoms with Gasteiger partial charge in [0.2, 0.25) is 0 Å². The Balaban J connectivity index is 2.01. The van der Waals surface area contributed by atoms with Gasteiger partial charge in [0.25, 0.3) is 0 Å². The van der Waals surface area contributed by atoms with Crippen molar-refractivity contribution in [1.82, 2.24) is 4.90 Å². The van der Waals surface area contributed by atoms with E-state index in [4.69, 9.17) is 4.74 Å². The molecule has 130 valence electrons. The molecule has 0 aliphatic carbocycles. The summed E-state index contributed by atoms with van der Waals surface area (Å²) in [5, 5.41) is 10.6. The Labute approximate surface area is 145 Å². The Morgan fingerprint density at radius 2 is 1.75 bits per heavy atom. The van der Waals surface area contributed by atoms with Crippen LogP contribution in [-0.2, 0) is 6.54 Å². The minimum atomic E-state index is -0.504. The van der Waals surface area contributed by atoms with Crippen LogP contribution in [0.5, 0.6) is 5.75 Å². The van der Waals surface area contributed by atoms with Crippen LogP contribution in [0.4, 0.5) is 0 Å². The van der Waals surface area contributed by atoms with E-state index >= 15 is 0 Å². The summed E-state index contributed by atoms with van der Waals surface area (Å²) in [5.74, 6) is 0.909. The van der Waals surface area contributed by atoms with E-state index in [9.17, 15) is 5.11 Å². The third kappa shape index (κ3) is 5.08. The lowest BCUT2D eigenvalue weighted by molar-refractivity contribution is 0.0688. The van der Waals surface area contributed by atoms with E-state index in [0.717, 1.165) is 24.3 Å². The minimum absolute atomic E-state index is 0.0199. The molecule has 0 aliphatic rings. The molecule has 2 aromatic rings. The zero-order valence-corrected chi connectivity index (χ0v) is 15.1. The van der Waals surface area contributed by atoms with Crippen molar-refractivity contribution < 1.29 is 9.84 Å². The van der Waals surface area contributed by atoms with Gasteiger partial charge < -0.3 is 9.84 Å². The van der Waals surface area contributed by atoms with E-state index in [-0.39, 0.29) is 12.1 Å². The molecule has 24 heavy (non-hydrogen) atoms. The molecule has 3 nitrogen and oxygen atoms in total. The second-order valence-corrected chi connectivity index (χ2v) is 6.50. The van der Waals surface area contributed by atoms with Gasteiger partial charge in [-0.3, -0.25) is 4.90 Å². The van der Waals surface area contributed by atoms with Crippen molar-refractivity contribution in [3.8, 4) is 5.75 Å². The van der Waals surface area contributed by atoms with Crippen LogP contribution in [0.3, 0.4) is 0 Å². The van der Waals surface area contributed by atoms with Gasteiger partial charge in [-0.1, -0.05) is 49.4 Å². The summed E-state index contributed by atoms with van der Waals surface area (Å²) < 4.78 is 5.90. The van der Waals surface area contributed by atoms with Gasteiger partial charge in [-0.05, 0) is 50.6 Å². The number of aliphatic hydroxyl groups excluding tert-OH is 1. The Morgan fingerprint density at radius 1 is 1.04 bits per heavy atom. The number of rotatable bonds is 8. The lowest BCUT2D eigenvalue weighted by Crippen LogP contribution is -2.33. The molecule has 2 aromatic carbocycles. The van der Waals surface area contributed by atoms with Crippen LogP contribution >= 0.6 is 0 Å². The predicted octanol–water partition coefficient (Wildman–Crippen LogP) is 4.42. The fourth-order valence-electron chi connectivity index (χ4n) is 2.63. The number of benzene rings is 2. The monoisotopic (exact) mass is 327 g/mol. The largest absolute Gasteiger partial charge is 0.491 e. The highest BCUT2D eigenvalue weighted by Crippen LogP contribution is 2.22. The standard InChI is InChI=1S/C21H29NO2/c1-5-16(2)24-20-13-9-10-18(14-20)15-22(4)17(3)21(23)19-11-7-6-8-12-19/h6-14,16-17,21,23H,5,15H2,1-4H3. The SMILES string of the molecule is CCC(C)Oc1cccc(CN(C)C(C)C(O)c2ccccc2)c1. The van der Waals surface area contributed by atoms with Gasteiger partial charge in [0.05, 0.1) is 12.2 Å². The van der Waals surface area contributed by atoms with E-state index in [1.165, 1.54) is 5.56 Å². The zero-order valence-electron chi connectivity index (χ0n) is 15.1. The average Bonchev–Trinajstić information content (AvgIpc) is 2.61. The van der Waals surface area contributed by atoms with Gasteiger partial charge in [0.15, 0.2) is 0 Å². The highest BCUT2D eigenvalue weighted by molar-refractivity contribution is 5.29. The second-order valence-electron chi connectivity index (χ2n) is 6.50. The van der Waals surface area contributed by atoms with Crippen molar-refractivity contribution in [2.75, 3.05) is 7.05 Å². The third-order valence-electron chi connectivity index (χ3n) is 4.54. The highest BCUT2D eigenvalue weighted by Gasteiger charge is 2.20. The molecular weight excluding hydrogens is 298 g/mol. The fourth-order valence-corrected chi connectivity index (χ4v) is 2.63. The van der Waals surface area contributed by atoms with Crippen molar-refractivity contribution in [3.63, 3.8) is 0 Å². The quantitative estimate of drug-likeness (QED) is 0.779. The number of aliphatic hydroxyl groups is 1. The lowest BCUT2D eigenvalue weighted by Gasteiger charge is -2.29. The Hall–Kier alpha value is -1.84. The Bertz CT molecular complexity index is 614. The molecule has 3 unspecified atom stereocenters. The number of hydrogen-bond acceptors (Lipinski definition) is 3. The molecule has 1 N–H and O–H groups in total. The summed E-state index contributed by atoms with van der Waals surface area (Å²) in [7, 11) is 2.04. The average molecular weight is 327 g/mol. The van der Waals surface area contributed by atoms with Gasteiger partial charge in [0, 0.05) is 12.6 Å². The van der Waals surface area contributed by atoms with E-state index in [2.05, 4.69) is 37.8 Å². The van der Waals surface area contributed by atoms with Gasteiger partial charge in [0.1, 0.15) is 5.75 Å². The number of ether oxygens (including phenoxy) is 1. The normalized spacial score (nSPS) is 15.1. The molecule has 3 heteroatoms. The van der Waals surface area contributed by atoms with Crippen LogP contribution in [0.1, 0.15) is 44.4 Å². The van der Waals surface area contributed by atoms with Crippen LogP contribution in [0.15, 0.2) is 54.6 Å². The summed E-state index contributed by atoms with van der Waals surface area (Å²) in [4.78, 5) is 2.17. The molecule has 3 atom stereocenters. The molecule has 0 amide bonds. The first-order chi connectivity index (χ1) is 11.5. The maximum absolute atomic E-state index is 10.6. The minimum Gasteiger partial charge on any atom is -0.491 e.